The fourth-order valence-corrected chi connectivity index (χ4v) is 2.56. The zero-order chi connectivity index (χ0) is 12.3. The van der Waals surface area contributed by atoms with E-state index in [0.717, 1.165) is 5.75 Å². The SMILES string of the molecule is CC(N)c1cccc(SCc2cncn2C)c1. The summed E-state index contributed by atoms with van der Waals surface area (Å²) in [7, 11) is 2.02. The van der Waals surface area contributed by atoms with Gasteiger partial charge in [0, 0.05) is 35.6 Å². The molecule has 1 heterocycles. The van der Waals surface area contributed by atoms with E-state index in [-0.39, 0.29) is 6.04 Å². The predicted molar refractivity (Wildman–Crippen MR) is 71.8 cm³/mol. The van der Waals surface area contributed by atoms with Crippen LogP contribution in [0, 0.1) is 0 Å². The molecule has 0 saturated heterocycles. The number of nitrogens with two attached hydrogens (primary N) is 1. The summed E-state index contributed by atoms with van der Waals surface area (Å²) in [5.41, 5.74) is 8.28. The van der Waals surface area contributed by atoms with Gasteiger partial charge in [-0.2, -0.15) is 0 Å². The monoisotopic (exact) mass is 247 g/mol. The number of nitrogens with zero attached hydrogens (tertiary/aromatic N) is 2. The first-order valence-electron chi connectivity index (χ1n) is 5.60. The minimum absolute atomic E-state index is 0.0900. The molecule has 0 radical (unpaired) electrons. The number of aromatic nitrogens is 2. The van der Waals surface area contributed by atoms with E-state index in [1.807, 2.05) is 42.8 Å². The molecule has 1 unspecified atom stereocenters. The molecule has 2 aromatic rings. The molecule has 1 aromatic heterocycles. The van der Waals surface area contributed by atoms with Crippen LogP contribution in [0.5, 0.6) is 0 Å². The third kappa shape index (κ3) is 3.11. The minimum Gasteiger partial charge on any atom is -0.337 e. The fourth-order valence-electron chi connectivity index (χ4n) is 1.57. The van der Waals surface area contributed by atoms with Gasteiger partial charge < -0.3 is 10.3 Å². The first kappa shape index (κ1) is 12.2. The number of aryl methyl sites for hydroxylation is 1. The van der Waals surface area contributed by atoms with Crippen LogP contribution >= 0.6 is 11.8 Å². The lowest BCUT2D eigenvalue weighted by Gasteiger charge is -2.08. The Morgan fingerprint density at radius 2 is 2.29 bits per heavy atom. The van der Waals surface area contributed by atoms with Gasteiger partial charge in [-0.15, -0.1) is 11.8 Å². The molecule has 1 aromatic carbocycles. The summed E-state index contributed by atoms with van der Waals surface area (Å²) in [5.74, 6) is 0.929. The quantitative estimate of drug-likeness (QED) is 0.845. The van der Waals surface area contributed by atoms with Gasteiger partial charge in [-0.25, -0.2) is 4.98 Å². The van der Waals surface area contributed by atoms with Crippen LogP contribution in [0.2, 0.25) is 0 Å². The molecule has 0 bridgehead atoms. The Morgan fingerprint density at radius 1 is 1.47 bits per heavy atom. The third-order valence-corrected chi connectivity index (χ3v) is 3.71. The van der Waals surface area contributed by atoms with E-state index < -0.39 is 0 Å². The molecule has 0 amide bonds. The van der Waals surface area contributed by atoms with Gasteiger partial charge >= 0.3 is 0 Å². The molecule has 1 atom stereocenters. The predicted octanol–water partition coefficient (Wildman–Crippen LogP) is 2.73. The number of benzene rings is 1. The second-order valence-corrected chi connectivity index (χ2v) is 5.19. The molecule has 0 aliphatic heterocycles. The maximum Gasteiger partial charge on any atom is 0.0945 e. The Bertz CT molecular complexity index is 491. The van der Waals surface area contributed by atoms with Crippen molar-refractivity contribution in [3.05, 3.63) is 48.0 Å². The van der Waals surface area contributed by atoms with E-state index in [1.54, 1.807) is 0 Å². The Hall–Kier alpha value is -1.26. The molecule has 0 aliphatic rings. The van der Waals surface area contributed by atoms with Crippen molar-refractivity contribution in [1.82, 2.24) is 9.55 Å². The molecular formula is C13H17N3S. The molecule has 17 heavy (non-hydrogen) atoms. The molecule has 2 rings (SSSR count). The van der Waals surface area contributed by atoms with Gasteiger partial charge in [-0.1, -0.05) is 12.1 Å². The molecule has 0 fully saturated rings. The van der Waals surface area contributed by atoms with Crippen LogP contribution < -0.4 is 5.73 Å². The van der Waals surface area contributed by atoms with Gasteiger partial charge in [-0.3, -0.25) is 0 Å². The lowest BCUT2D eigenvalue weighted by atomic mass is 10.1. The standard InChI is InChI=1S/C13H17N3S/c1-10(14)11-4-3-5-13(6-11)17-8-12-7-15-9-16(12)2/h3-7,9-10H,8,14H2,1-2H3. The maximum atomic E-state index is 5.87. The number of imidazole rings is 1. The molecule has 0 saturated carbocycles. The zero-order valence-electron chi connectivity index (χ0n) is 10.1. The average molecular weight is 247 g/mol. The van der Waals surface area contributed by atoms with E-state index in [4.69, 9.17) is 5.73 Å². The van der Waals surface area contributed by atoms with Crippen LogP contribution in [-0.2, 0) is 12.8 Å². The van der Waals surface area contributed by atoms with Gasteiger partial charge in [-0.05, 0) is 24.6 Å². The average Bonchev–Trinajstić information content (AvgIpc) is 2.72. The third-order valence-electron chi connectivity index (χ3n) is 2.69. The fraction of sp³-hybridized carbons (Fsp3) is 0.308. The van der Waals surface area contributed by atoms with Gasteiger partial charge in [0.25, 0.3) is 0 Å². The number of rotatable bonds is 4. The van der Waals surface area contributed by atoms with Crippen molar-refractivity contribution < 1.29 is 0 Å². The smallest absolute Gasteiger partial charge is 0.0945 e. The summed E-state index contributed by atoms with van der Waals surface area (Å²) >= 11 is 1.81. The van der Waals surface area contributed by atoms with Gasteiger partial charge in [0.05, 0.1) is 6.33 Å². The van der Waals surface area contributed by atoms with E-state index in [0.29, 0.717) is 0 Å². The van der Waals surface area contributed by atoms with E-state index in [1.165, 1.54) is 16.2 Å². The van der Waals surface area contributed by atoms with Gasteiger partial charge in [0.15, 0.2) is 0 Å². The maximum absolute atomic E-state index is 5.87. The summed E-state index contributed by atoms with van der Waals surface area (Å²) in [5, 5.41) is 0. The summed E-state index contributed by atoms with van der Waals surface area (Å²) in [4.78, 5) is 5.36. The lowest BCUT2D eigenvalue weighted by Crippen LogP contribution is -2.04. The topological polar surface area (TPSA) is 43.8 Å². The van der Waals surface area contributed by atoms with E-state index in [2.05, 4.69) is 29.2 Å². The van der Waals surface area contributed by atoms with Crippen LogP contribution in [0.4, 0.5) is 0 Å². The second-order valence-electron chi connectivity index (χ2n) is 4.15. The highest BCUT2D eigenvalue weighted by molar-refractivity contribution is 7.98. The van der Waals surface area contributed by atoms with Crippen molar-refractivity contribution in [2.75, 3.05) is 0 Å². The number of hydrogen-bond donors (Lipinski definition) is 1. The Kier molecular flexibility index (Phi) is 3.86. The minimum atomic E-state index is 0.0900. The zero-order valence-corrected chi connectivity index (χ0v) is 10.9. The van der Waals surface area contributed by atoms with Crippen LogP contribution in [0.25, 0.3) is 0 Å². The molecule has 3 nitrogen and oxygen atoms in total. The summed E-state index contributed by atoms with van der Waals surface area (Å²) < 4.78 is 2.04. The first-order chi connectivity index (χ1) is 8.16. The summed E-state index contributed by atoms with van der Waals surface area (Å²) in [6, 6.07) is 8.49. The molecule has 2 N–H and O–H groups in total. The number of hydrogen-bond acceptors (Lipinski definition) is 3. The van der Waals surface area contributed by atoms with Gasteiger partial charge in [0.1, 0.15) is 0 Å². The Labute approximate surface area is 106 Å². The highest BCUT2D eigenvalue weighted by Crippen LogP contribution is 2.24. The van der Waals surface area contributed by atoms with Crippen molar-refractivity contribution in [1.29, 1.82) is 0 Å². The number of thioether (sulfide) groups is 1. The van der Waals surface area contributed by atoms with Crippen molar-refractivity contribution in [3.63, 3.8) is 0 Å². The van der Waals surface area contributed by atoms with Gasteiger partial charge in [0.2, 0.25) is 0 Å². The van der Waals surface area contributed by atoms with Crippen molar-refractivity contribution in [3.8, 4) is 0 Å². The highest BCUT2D eigenvalue weighted by atomic mass is 32.2. The molecule has 0 spiro atoms. The molecular weight excluding hydrogens is 230 g/mol. The molecule has 90 valence electrons. The van der Waals surface area contributed by atoms with Crippen molar-refractivity contribution in [2.45, 2.75) is 23.6 Å². The summed E-state index contributed by atoms with van der Waals surface area (Å²) in [6.07, 6.45) is 3.73. The molecule has 0 aliphatic carbocycles. The largest absolute Gasteiger partial charge is 0.337 e. The normalized spacial score (nSPS) is 12.6. The first-order valence-corrected chi connectivity index (χ1v) is 6.59. The van der Waals surface area contributed by atoms with E-state index >= 15 is 0 Å². The Morgan fingerprint density at radius 3 is 2.94 bits per heavy atom. The van der Waals surface area contributed by atoms with Crippen LogP contribution in [-0.4, -0.2) is 9.55 Å². The second kappa shape index (κ2) is 5.38. The molecule has 4 heteroatoms. The van der Waals surface area contributed by atoms with Crippen molar-refractivity contribution in [2.24, 2.45) is 12.8 Å². The van der Waals surface area contributed by atoms with E-state index in [9.17, 15) is 0 Å². The highest BCUT2D eigenvalue weighted by Gasteiger charge is 2.03. The Balaban J connectivity index is 2.04. The van der Waals surface area contributed by atoms with Crippen LogP contribution in [0.1, 0.15) is 24.2 Å². The summed E-state index contributed by atoms with van der Waals surface area (Å²) in [6.45, 7) is 2.00. The van der Waals surface area contributed by atoms with Crippen LogP contribution in [0.3, 0.4) is 0 Å². The van der Waals surface area contributed by atoms with Crippen LogP contribution in [0.15, 0.2) is 41.7 Å². The van der Waals surface area contributed by atoms with Crippen molar-refractivity contribution >= 4 is 11.8 Å². The lowest BCUT2D eigenvalue weighted by molar-refractivity contribution is 0.814.